The molecule has 0 amide bonds. The molecule has 112 valence electrons. The van der Waals surface area contributed by atoms with Gasteiger partial charge in [0.2, 0.25) is 0 Å². The van der Waals surface area contributed by atoms with Crippen molar-refractivity contribution in [1.29, 1.82) is 0 Å². The molecule has 2 saturated heterocycles. The van der Waals surface area contributed by atoms with Crippen LogP contribution < -0.4 is 5.43 Å². The Hall–Kier alpha value is -0.555. The van der Waals surface area contributed by atoms with Crippen LogP contribution in [-0.2, 0) is 14.0 Å². The first-order chi connectivity index (χ1) is 9.39. The molecule has 3 aliphatic rings. The van der Waals surface area contributed by atoms with Gasteiger partial charge in [-0.3, -0.25) is 5.01 Å². The summed E-state index contributed by atoms with van der Waals surface area (Å²) < 4.78 is 18.0. The average molecular weight is 280 g/mol. The third-order valence-electron chi connectivity index (χ3n) is 4.79. The maximum atomic E-state index is 6.09. The monoisotopic (exact) mass is 280 g/mol. The molecule has 6 heteroatoms. The maximum Gasteiger partial charge on any atom is 0.493 e. The van der Waals surface area contributed by atoms with Gasteiger partial charge in [-0.2, -0.15) is 0 Å². The van der Waals surface area contributed by atoms with Crippen molar-refractivity contribution in [2.75, 3.05) is 13.2 Å². The zero-order valence-electron chi connectivity index (χ0n) is 12.9. The molecule has 0 spiro atoms. The molecule has 5 nitrogen and oxygen atoms in total. The smallest absolute Gasteiger partial charge is 0.399 e. The summed E-state index contributed by atoms with van der Waals surface area (Å²) in [6.07, 6.45) is 5.70. The highest BCUT2D eigenvalue weighted by Gasteiger charge is 2.53. The molecule has 1 atom stereocenters. The van der Waals surface area contributed by atoms with E-state index in [1.807, 2.05) is 0 Å². The fraction of sp³-hybridized carbons (Fsp3) is 0.857. The van der Waals surface area contributed by atoms with Crippen molar-refractivity contribution in [3.8, 4) is 0 Å². The van der Waals surface area contributed by atoms with Gasteiger partial charge in [-0.1, -0.05) is 0 Å². The van der Waals surface area contributed by atoms with E-state index in [2.05, 4.69) is 44.3 Å². The molecular weight excluding hydrogens is 255 g/mol. The molecule has 20 heavy (non-hydrogen) atoms. The minimum atomic E-state index is -0.284. The third kappa shape index (κ3) is 2.50. The first-order valence-electron chi connectivity index (χ1n) is 7.59. The fourth-order valence-corrected chi connectivity index (χ4v) is 2.72. The van der Waals surface area contributed by atoms with Crippen molar-refractivity contribution in [1.82, 2.24) is 10.4 Å². The van der Waals surface area contributed by atoms with Crippen LogP contribution >= 0.6 is 0 Å². The highest BCUT2D eigenvalue weighted by molar-refractivity contribution is 6.54. The van der Waals surface area contributed by atoms with E-state index in [9.17, 15) is 0 Å². The largest absolute Gasteiger partial charge is 0.493 e. The first kappa shape index (κ1) is 14.4. The summed E-state index contributed by atoms with van der Waals surface area (Å²) >= 11 is 0. The predicted octanol–water partition coefficient (Wildman–Crippen LogP) is 1.85. The second kappa shape index (κ2) is 5.02. The zero-order valence-corrected chi connectivity index (χ0v) is 12.9. The molecule has 0 saturated carbocycles. The number of ether oxygens (including phenoxy) is 1. The quantitative estimate of drug-likeness (QED) is 0.782. The Morgan fingerprint density at radius 2 is 1.90 bits per heavy atom. The number of hydrogen-bond acceptors (Lipinski definition) is 5. The molecule has 3 aliphatic heterocycles. The normalized spacial score (nSPS) is 32.6. The van der Waals surface area contributed by atoms with Crippen LogP contribution in [0.5, 0.6) is 0 Å². The number of nitrogens with zero attached hydrogens (tertiary/aromatic N) is 1. The summed E-state index contributed by atoms with van der Waals surface area (Å²) in [5, 5.41) is 2.07. The van der Waals surface area contributed by atoms with Gasteiger partial charge < -0.3 is 14.0 Å². The Balaban J connectivity index is 1.67. The van der Waals surface area contributed by atoms with Crippen molar-refractivity contribution >= 4 is 7.12 Å². The van der Waals surface area contributed by atoms with Crippen LogP contribution in [-0.4, -0.2) is 42.7 Å². The minimum absolute atomic E-state index is 0.142. The molecule has 0 aromatic heterocycles. The third-order valence-corrected chi connectivity index (χ3v) is 4.79. The Kier molecular flexibility index (Phi) is 3.61. The lowest BCUT2D eigenvalue weighted by Crippen LogP contribution is -2.41. The van der Waals surface area contributed by atoms with Crippen LogP contribution in [0, 0.1) is 0 Å². The molecule has 2 fully saturated rings. The van der Waals surface area contributed by atoms with E-state index in [4.69, 9.17) is 14.0 Å². The Bertz CT molecular complexity index is 389. The maximum absolute atomic E-state index is 6.09. The van der Waals surface area contributed by atoms with Gasteiger partial charge in [0.1, 0.15) is 6.23 Å². The molecule has 0 aromatic rings. The zero-order chi connectivity index (χ0) is 14.4. The summed E-state index contributed by atoms with van der Waals surface area (Å²) in [7, 11) is -0.263. The van der Waals surface area contributed by atoms with Crippen LogP contribution in [0.1, 0.15) is 47.0 Å². The number of nitrogens with one attached hydrogen (secondary N) is 1. The van der Waals surface area contributed by atoms with Gasteiger partial charge in [-0.05, 0) is 52.4 Å². The second-order valence-corrected chi connectivity index (χ2v) is 6.86. The van der Waals surface area contributed by atoms with Gasteiger partial charge in [-0.25, -0.2) is 5.43 Å². The SMILES string of the molecule is CC1(C)OB(C2=CN(C3CCCCO3)NC2)OC1(C)C. The second-order valence-electron chi connectivity index (χ2n) is 6.86. The molecule has 0 aromatic carbocycles. The van der Waals surface area contributed by atoms with Gasteiger partial charge in [-0.15, -0.1) is 0 Å². The van der Waals surface area contributed by atoms with E-state index < -0.39 is 0 Å². The van der Waals surface area contributed by atoms with Crippen LogP contribution in [0.15, 0.2) is 11.7 Å². The summed E-state index contributed by atoms with van der Waals surface area (Å²) in [5.41, 5.74) is 3.93. The predicted molar refractivity (Wildman–Crippen MR) is 77.6 cm³/mol. The Morgan fingerprint density at radius 3 is 2.50 bits per heavy atom. The van der Waals surface area contributed by atoms with Gasteiger partial charge >= 0.3 is 7.12 Å². The molecule has 0 bridgehead atoms. The van der Waals surface area contributed by atoms with E-state index in [1.54, 1.807) is 0 Å². The molecule has 1 N–H and O–H groups in total. The lowest BCUT2D eigenvalue weighted by Gasteiger charge is -2.32. The first-order valence-corrected chi connectivity index (χ1v) is 7.59. The van der Waals surface area contributed by atoms with E-state index in [-0.39, 0.29) is 24.5 Å². The van der Waals surface area contributed by atoms with Crippen LogP contribution in [0.4, 0.5) is 0 Å². The number of hydrazine groups is 1. The van der Waals surface area contributed by atoms with Gasteiger partial charge in [0.25, 0.3) is 0 Å². The van der Waals surface area contributed by atoms with Crippen LogP contribution in [0.25, 0.3) is 0 Å². The molecule has 3 rings (SSSR count). The Labute approximate surface area is 121 Å². The lowest BCUT2D eigenvalue weighted by atomic mass is 9.79. The van der Waals surface area contributed by atoms with Gasteiger partial charge in [0, 0.05) is 19.4 Å². The van der Waals surface area contributed by atoms with Crippen molar-refractivity contribution in [3.05, 3.63) is 11.7 Å². The van der Waals surface area contributed by atoms with Crippen LogP contribution in [0.3, 0.4) is 0 Å². The van der Waals surface area contributed by atoms with E-state index >= 15 is 0 Å². The molecule has 0 aliphatic carbocycles. The fourth-order valence-electron chi connectivity index (χ4n) is 2.72. The molecule has 1 unspecified atom stereocenters. The summed E-state index contributed by atoms with van der Waals surface area (Å²) in [6.45, 7) is 9.94. The summed E-state index contributed by atoms with van der Waals surface area (Å²) in [6, 6.07) is 0. The summed E-state index contributed by atoms with van der Waals surface area (Å²) in [5.74, 6) is 0. The topological polar surface area (TPSA) is 43.0 Å². The highest BCUT2D eigenvalue weighted by Crippen LogP contribution is 2.39. The van der Waals surface area contributed by atoms with E-state index in [0.29, 0.717) is 0 Å². The summed E-state index contributed by atoms with van der Waals surface area (Å²) in [4.78, 5) is 0. The van der Waals surface area contributed by atoms with Crippen LogP contribution in [0.2, 0.25) is 0 Å². The van der Waals surface area contributed by atoms with E-state index in [1.165, 1.54) is 6.42 Å². The lowest BCUT2D eigenvalue weighted by molar-refractivity contribution is -0.0796. The number of rotatable bonds is 2. The van der Waals surface area contributed by atoms with E-state index in [0.717, 1.165) is 31.5 Å². The average Bonchev–Trinajstić information content (AvgIpc) is 2.94. The molecule has 3 heterocycles. The number of hydrogen-bond donors (Lipinski definition) is 1. The minimum Gasteiger partial charge on any atom is -0.399 e. The molecule has 0 radical (unpaired) electrons. The highest BCUT2D eigenvalue weighted by atomic mass is 16.7. The van der Waals surface area contributed by atoms with Crippen molar-refractivity contribution in [2.45, 2.75) is 64.4 Å². The van der Waals surface area contributed by atoms with Gasteiger partial charge in [0.15, 0.2) is 0 Å². The van der Waals surface area contributed by atoms with Crippen molar-refractivity contribution in [2.24, 2.45) is 0 Å². The standard InChI is InChI=1S/C14H25BN2O3/c1-13(2)14(3,4)20-15(19-13)11-9-16-17(10-11)12-7-5-6-8-18-12/h10,12,16H,5-9H2,1-4H3. The Morgan fingerprint density at radius 1 is 1.20 bits per heavy atom. The van der Waals surface area contributed by atoms with Crippen molar-refractivity contribution < 1.29 is 14.0 Å². The van der Waals surface area contributed by atoms with Crippen molar-refractivity contribution in [3.63, 3.8) is 0 Å². The van der Waals surface area contributed by atoms with Gasteiger partial charge in [0.05, 0.1) is 11.2 Å². The molecular formula is C14H25BN2O3.